The molecule has 0 atom stereocenters. The minimum atomic E-state index is -3.37. The molecule has 2 aliphatic rings. The van der Waals surface area contributed by atoms with E-state index in [-0.39, 0.29) is 5.97 Å². The highest BCUT2D eigenvalue weighted by Gasteiger charge is 2.35. The predicted molar refractivity (Wildman–Crippen MR) is 84.8 cm³/mol. The lowest BCUT2D eigenvalue weighted by molar-refractivity contribution is -0.138. The summed E-state index contributed by atoms with van der Waals surface area (Å²) in [4.78, 5) is 12.2. The molecule has 118 valence electrons. The first kappa shape index (κ1) is 15.4. The van der Waals surface area contributed by atoms with Crippen LogP contribution < -0.4 is 0 Å². The van der Waals surface area contributed by atoms with Gasteiger partial charge in [0.05, 0.1) is 24.1 Å². The number of aryl methyl sites for hydroxylation is 1. The first-order valence-corrected chi connectivity index (χ1v) is 9.80. The molecule has 8 heteroatoms. The molecule has 1 aromatic heterocycles. The van der Waals surface area contributed by atoms with Crippen molar-refractivity contribution in [2.24, 2.45) is 0 Å². The molecule has 0 aromatic carbocycles. The van der Waals surface area contributed by atoms with E-state index in [4.69, 9.17) is 4.74 Å². The Hall–Kier alpha value is -1.54. The molecule has 0 spiro atoms. The summed E-state index contributed by atoms with van der Waals surface area (Å²) in [5, 5.41) is 6.89. The Morgan fingerprint density at radius 3 is 2.91 bits per heavy atom. The van der Waals surface area contributed by atoms with Crippen LogP contribution in [-0.4, -0.2) is 43.2 Å². The fraction of sp³-hybridized carbons (Fsp3) is 0.429. The lowest BCUT2D eigenvalue weighted by Gasteiger charge is -2.27. The number of allylic oxidation sites excluding steroid dienone is 2. The summed E-state index contributed by atoms with van der Waals surface area (Å²) < 4.78 is 29.7. The molecule has 6 nitrogen and oxygen atoms in total. The van der Waals surface area contributed by atoms with E-state index in [0.29, 0.717) is 39.9 Å². The summed E-state index contributed by atoms with van der Waals surface area (Å²) >= 11 is 1.17. The van der Waals surface area contributed by atoms with Crippen LogP contribution in [0.3, 0.4) is 0 Å². The van der Waals surface area contributed by atoms with Crippen molar-refractivity contribution >= 4 is 33.1 Å². The largest absolute Gasteiger partial charge is 0.463 e. The predicted octanol–water partition coefficient (Wildman–Crippen LogP) is 1.68. The van der Waals surface area contributed by atoms with E-state index >= 15 is 0 Å². The van der Waals surface area contributed by atoms with Crippen molar-refractivity contribution in [3.63, 3.8) is 0 Å². The number of hydrogen-bond donors (Lipinski definition) is 1. The van der Waals surface area contributed by atoms with Crippen LogP contribution >= 0.6 is 11.8 Å². The zero-order valence-electron chi connectivity index (χ0n) is 12.3. The summed E-state index contributed by atoms with van der Waals surface area (Å²) in [5.74, 6) is -0.0400. The van der Waals surface area contributed by atoms with Gasteiger partial charge in [0.15, 0.2) is 9.84 Å². The van der Waals surface area contributed by atoms with Gasteiger partial charge in [0.25, 0.3) is 0 Å². The molecule has 0 unspecified atom stereocenters. The molecule has 0 radical (unpaired) electrons. The topological polar surface area (TPSA) is 89.1 Å². The second-order valence-corrected chi connectivity index (χ2v) is 8.37. The number of thioether (sulfide) groups is 1. The first-order valence-electron chi connectivity index (χ1n) is 6.92. The van der Waals surface area contributed by atoms with Gasteiger partial charge >= 0.3 is 5.97 Å². The molecular formula is C14H16N2O4S2. The van der Waals surface area contributed by atoms with Gasteiger partial charge in [-0.2, -0.15) is 5.10 Å². The fourth-order valence-corrected chi connectivity index (χ4v) is 5.34. The van der Waals surface area contributed by atoms with Crippen LogP contribution in [0, 0.1) is 0 Å². The molecule has 1 aromatic rings. The number of sulfone groups is 1. The molecule has 1 N–H and O–H groups in total. The number of carbonyl (C=O) groups excluding carboxylic acids is 1. The maximum absolute atomic E-state index is 12.2. The molecule has 2 heterocycles. The van der Waals surface area contributed by atoms with Gasteiger partial charge in [0, 0.05) is 17.6 Å². The highest BCUT2D eigenvalue weighted by atomic mass is 32.3. The molecule has 0 fully saturated rings. The van der Waals surface area contributed by atoms with Crippen molar-refractivity contribution in [2.75, 3.05) is 18.6 Å². The van der Waals surface area contributed by atoms with Gasteiger partial charge in [-0.1, -0.05) is 0 Å². The number of rotatable bonds is 3. The van der Waals surface area contributed by atoms with Crippen molar-refractivity contribution < 1.29 is 17.9 Å². The first-order chi connectivity index (χ1) is 10.4. The van der Waals surface area contributed by atoms with E-state index < -0.39 is 9.84 Å². The SMILES string of the molecule is CCOC(=O)C1=C2CCc3cn[nH]c3C2=C(S(C)(=O)=O)SC1. The van der Waals surface area contributed by atoms with Crippen LogP contribution in [0.2, 0.25) is 0 Å². The standard InChI is InChI=1S/C14H16N2O4S2/c1-3-20-13(17)10-7-21-14(22(2,18)19)11-9(10)5-4-8-6-15-16-12(8)11/h6H,3-5,7H2,1-2H3,(H,15,16). The Morgan fingerprint density at radius 1 is 1.45 bits per heavy atom. The van der Waals surface area contributed by atoms with Crippen LogP contribution in [0.25, 0.3) is 5.57 Å². The van der Waals surface area contributed by atoms with E-state index in [1.54, 1.807) is 13.1 Å². The molecule has 3 rings (SSSR count). The number of aromatic amines is 1. The zero-order valence-corrected chi connectivity index (χ0v) is 13.9. The van der Waals surface area contributed by atoms with E-state index in [0.717, 1.165) is 17.6 Å². The molecule has 0 saturated heterocycles. The number of nitrogens with one attached hydrogen (secondary N) is 1. The monoisotopic (exact) mass is 340 g/mol. The normalized spacial score (nSPS) is 18.1. The molecule has 22 heavy (non-hydrogen) atoms. The number of esters is 1. The van der Waals surface area contributed by atoms with E-state index in [2.05, 4.69) is 10.2 Å². The van der Waals surface area contributed by atoms with E-state index in [1.807, 2.05) is 0 Å². The Morgan fingerprint density at radius 2 is 2.23 bits per heavy atom. The average Bonchev–Trinajstić information content (AvgIpc) is 2.93. The van der Waals surface area contributed by atoms with Crippen molar-refractivity contribution in [3.8, 4) is 0 Å². The second-order valence-electron chi connectivity index (χ2n) is 5.17. The van der Waals surface area contributed by atoms with E-state index in [1.165, 1.54) is 18.0 Å². The smallest absolute Gasteiger partial charge is 0.335 e. The molecular weight excluding hydrogens is 324 g/mol. The lowest BCUT2D eigenvalue weighted by Crippen LogP contribution is -2.21. The number of H-pyrrole nitrogens is 1. The van der Waals surface area contributed by atoms with Gasteiger partial charge in [0.2, 0.25) is 0 Å². The Balaban J connectivity index is 2.24. The Bertz CT molecular complexity index is 803. The maximum Gasteiger partial charge on any atom is 0.335 e. The highest BCUT2D eigenvalue weighted by molar-refractivity contribution is 8.18. The average molecular weight is 340 g/mol. The van der Waals surface area contributed by atoms with Crippen LogP contribution in [-0.2, 0) is 25.8 Å². The van der Waals surface area contributed by atoms with Gasteiger partial charge in [0.1, 0.15) is 4.24 Å². The van der Waals surface area contributed by atoms with Crippen LogP contribution in [0.4, 0.5) is 0 Å². The van der Waals surface area contributed by atoms with Crippen LogP contribution in [0.5, 0.6) is 0 Å². The second kappa shape index (κ2) is 5.58. The van der Waals surface area contributed by atoms with Crippen molar-refractivity contribution in [3.05, 3.63) is 32.8 Å². The quantitative estimate of drug-likeness (QED) is 0.842. The number of aromatic nitrogens is 2. The minimum absolute atomic E-state index is 0.299. The van der Waals surface area contributed by atoms with Gasteiger partial charge < -0.3 is 4.74 Å². The molecule has 0 saturated carbocycles. The van der Waals surface area contributed by atoms with Gasteiger partial charge in [-0.05, 0) is 30.9 Å². The van der Waals surface area contributed by atoms with Crippen molar-refractivity contribution in [2.45, 2.75) is 19.8 Å². The molecule has 0 bridgehead atoms. The number of carbonyl (C=O) groups is 1. The third-order valence-electron chi connectivity index (χ3n) is 3.69. The van der Waals surface area contributed by atoms with Gasteiger partial charge in [-0.3, -0.25) is 5.10 Å². The van der Waals surface area contributed by atoms with Gasteiger partial charge in [-0.15, -0.1) is 11.8 Å². The van der Waals surface area contributed by atoms with Crippen LogP contribution in [0.1, 0.15) is 24.6 Å². The third-order valence-corrected chi connectivity index (χ3v) is 6.73. The zero-order chi connectivity index (χ0) is 15.9. The summed E-state index contributed by atoms with van der Waals surface area (Å²) in [6.07, 6.45) is 4.26. The minimum Gasteiger partial charge on any atom is -0.463 e. The lowest BCUT2D eigenvalue weighted by atomic mass is 9.86. The third kappa shape index (κ3) is 2.50. The number of hydrogen-bond acceptors (Lipinski definition) is 6. The summed E-state index contributed by atoms with van der Waals surface area (Å²) in [7, 11) is -3.37. The van der Waals surface area contributed by atoms with Gasteiger partial charge in [-0.25, -0.2) is 13.2 Å². The maximum atomic E-state index is 12.2. The Labute approximate surface area is 132 Å². The molecule has 0 amide bonds. The highest BCUT2D eigenvalue weighted by Crippen LogP contribution is 2.46. The van der Waals surface area contributed by atoms with E-state index in [9.17, 15) is 13.2 Å². The van der Waals surface area contributed by atoms with Crippen LogP contribution in [0.15, 0.2) is 21.6 Å². The molecule has 1 aliphatic heterocycles. The van der Waals surface area contributed by atoms with Crippen molar-refractivity contribution in [1.82, 2.24) is 10.2 Å². The fourth-order valence-electron chi connectivity index (χ4n) is 2.77. The summed E-state index contributed by atoms with van der Waals surface area (Å²) in [6, 6.07) is 0. The van der Waals surface area contributed by atoms with Crippen molar-refractivity contribution in [1.29, 1.82) is 0 Å². The summed E-state index contributed by atoms with van der Waals surface area (Å²) in [5.41, 5.74) is 3.62. The number of fused-ring (bicyclic) bond motifs is 3. The number of ether oxygens (including phenoxy) is 1. The Kier molecular flexibility index (Phi) is 3.90. The number of nitrogens with zero attached hydrogens (tertiary/aromatic N) is 1. The molecule has 1 aliphatic carbocycles. The summed E-state index contributed by atoms with van der Waals surface area (Å²) in [6.45, 7) is 2.05.